The Balaban J connectivity index is 1.85. The summed E-state index contributed by atoms with van der Waals surface area (Å²) < 4.78 is 43.1. The van der Waals surface area contributed by atoms with Crippen LogP contribution in [0.1, 0.15) is 28.5 Å². The van der Waals surface area contributed by atoms with Crippen LogP contribution in [0.2, 0.25) is 0 Å². The fraction of sp³-hybridized carbons (Fsp3) is 0.222. The fourth-order valence-electron chi connectivity index (χ4n) is 2.36. The van der Waals surface area contributed by atoms with Crippen molar-refractivity contribution < 1.29 is 26.9 Å². The molecule has 0 aliphatic rings. The first-order valence-corrected chi connectivity index (χ1v) is 9.63. The van der Waals surface area contributed by atoms with Crippen LogP contribution in [0.3, 0.4) is 0 Å². The largest absolute Gasteiger partial charge is 0.462 e. The van der Waals surface area contributed by atoms with Gasteiger partial charge in [0.25, 0.3) is 10.0 Å². The van der Waals surface area contributed by atoms with Crippen LogP contribution in [-0.4, -0.2) is 26.2 Å². The highest BCUT2D eigenvalue weighted by atomic mass is 32.2. The zero-order chi connectivity index (χ0) is 19.6. The van der Waals surface area contributed by atoms with E-state index in [1.165, 1.54) is 30.3 Å². The number of anilines is 1. The number of furan rings is 1. The molecule has 0 radical (unpaired) electrons. The molecule has 0 saturated carbocycles. The molecule has 8 nitrogen and oxygen atoms in total. The molecule has 0 spiro atoms. The molecule has 0 aliphatic heterocycles. The van der Waals surface area contributed by atoms with E-state index in [1.807, 2.05) is 0 Å². The van der Waals surface area contributed by atoms with Gasteiger partial charge < -0.3 is 13.7 Å². The van der Waals surface area contributed by atoms with Gasteiger partial charge in [0.15, 0.2) is 5.76 Å². The second-order valence-electron chi connectivity index (χ2n) is 5.75. The molecule has 3 aromatic rings. The number of carbonyl (C=O) groups excluding carboxylic acids is 1. The summed E-state index contributed by atoms with van der Waals surface area (Å²) in [5.74, 6) is 0.0991. The van der Waals surface area contributed by atoms with Crippen molar-refractivity contribution in [2.45, 2.75) is 25.9 Å². The number of ether oxygens (including phenoxy) is 1. The van der Waals surface area contributed by atoms with Crippen LogP contribution in [0, 0.1) is 13.8 Å². The number of sulfonamides is 1. The maximum absolute atomic E-state index is 12.6. The molecule has 0 unspecified atom stereocenters. The lowest BCUT2D eigenvalue weighted by molar-refractivity contribution is 0.0526. The van der Waals surface area contributed by atoms with Gasteiger partial charge in [-0.25, -0.2) is 4.79 Å². The predicted molar refractivity (Wildman–Crippen MR) is 96.9 cm³/mol. The third-order valence-corrected chi connectivity index (χ3v) is 5.11. The summed E-state index contributed by atoms with van der Waals surface area (Å²) >= 11 is 0. The Kier molecular flexibility index (Phi) is 5.04. The van der Waals surface area contributed by atoms with Gasteiger partial charge >= 0.3 is 5.97 Å². The lowest BCUT2D eigenvalue weighted by Crippen LogP contribution is -2.13. The molecule has 27 heavy (non-hydrogen) atoms. The van der Waals surface area contributed by atoms with Gasteiger partial charge in [-0.05, 0) is 51.1 Å². The minimum Gasteiger partial charge on any atom is -0.462 e. The van der Waals surface area contributed by atoms with E-state index >= 15 is 0 Å². The van der Waals surface area contributed by atoms with Crippen LogP contribution < -0.4 is 4.72 Å². The maximum atomic E-state index is 12.6. The topological polar surface area (TPSA) is 112 Å². The summed E-state index contributed by atoms with van der Waals surface area (Å²) in [6.07, 6.45) is 0. The van der Waals surface area contributed by atoms with Crippen LogP contribution in [-0.2, 0) is 14.8 Å². The highest BCUT2D eigenvalue weighted by molar-refractivity contribution is 7.92. The van der Waals surface area contributed by atoms with E-state index < -0.39 is 16.0 Å². The highest BCUT2D eigenvalue weighted by Gasteiger charge is 2.22. The Morgan fingerprint density at radius 3 is 2.67 bits per heavy atom. The molecule has 0 bridgehead atoms. The Bertz CT molecular complexity index is 1080. The quantitative estimate of drug-likeness (QED) is 0.641. The van der Waals surface area contributed by atoms with Crippen LogP contribution in [0.25, 0.3) is 11.5 Å². The maximum Gasteiger partial charge on any atom is 0.338 e. The van der Waals surface area contributed by atoms with Crippen LogP contribution in [0.4, 0.5) is 5.69 Å². The van der Waals surface area contributed by atoms with Gasteiger partial charge in [0, 0.05) is 11.3 Å². The van der Waals surface area contributed by atoms with E-state index in [9.17, 15) is 13.2 Å². The number of rotatable bonds is 6. The molecule has 0 atom stereocenters. The van der Waals surface area contributed by atoms with E-state index in [0.29, 0.717) is 11.5 Å². The first kappa shape index (κ1) is 18.7. The molecular formula is C18H18N2O6S. The van der Waals surface area contributed by atoms with E-state index in [0.717, 1.165) is 5.56 Å². The number of aryl methyl sites for hydroxylation is 1. The average Bonchev–Trinajstić information content (AvgIpc) is 3.23. The van der Waals surface area contributed by atoms with Gasteiger partial charge in [0.2, 0.25) is 10.9 Å². The molecule has 3 rings (SSSR count). The SMILES string of the molecule is CCOC(=O)c1cccc(NS(=O)(=O)c2ccc(-c3onc(C)c3C)o2)c1. The van der Waals surface area contributed by atoms with Gasteiger partial charge in [-0.1, -0.05) is 11.2 Å². The summed E-state index contributed by atoms with van der Waals surface area (Å²) in [6.45, 7) is 5.50. The number of esters is 1. The van der Waals surface area contributed by atoms with Crippen LogP contribution in [0.5, 0.6) is 0 Å². The van der Waals surface area contributed by atoms with Crippen LogP contribution >= 0.6 is 0 Å². The average molecular weight is 390 g/mol. The number of hydrogen-bond donors (Lipinski definition) is 1. The third-order valence-electron chi connectivity index (χ3n) is 3.85. The van der Waals surface area contributed by atoms with Crippen molar-refractivity contribution in [3.63, 3.8) is 0 Å². The Morgan fingerprint density at radius 2 is 2.00 bits per heavy atom. The number of benzene rings is 1. The van der Waals surface area contributed by atoms with Gasteiger partial charge in [-0.2, -0.15) is 8.42 Å². The Morgan fingerprint density at radius 1 is 1.22 bits per heavy atom. The molecule has 9 heteroatoms. The van der Waals surface area contributed by atoms with Gasteiger partial charge in [-0.3, -0.25) is 4.72 Å². The van der Waals surface area contributed by atoms with E-state index in [-0.39, 0.29) is 28.7 Å². The first-order valence-electron chi connectivity index (χ1n) is 8.15. The fourth-order valence-corrected chi connectivity index (χ4v) is 3.35. The van der Waals surface area contributed by atoms with Crippen molar-refractivity contribution in [3.05, 3.63) is 53.2 Å². The van der Waals surface area contributed by atoms with Crippen molar-refractivity contribution in [2.24, 2.45) is 0 Å². The highest BCUT2D eigenvalue weighted by Crippen LogP contribution is 2.29. The molecule has 0 saturated heterocycles. The number of hydrogen-bond acceptors (Lipinski definition) is 7. The summed E-state index contributed by atoms with van der Waals surface area (Å²) in [5, 5.41) is 3.54. The number of nitrogens with one attached hydrogen (secondary N) is 1. The first-order chi connectivity index (χ1) is 12.8. The molecule has 0 aliphatic carbocycles. The van der Waals surface area contributed by atoms with Gasteiger partial charge in [0.05, 0.1) is 17.9 Å². The monoisotopic (exact) mass is 390 g/mol. The number of aromatic nitrogens is 1. The van der Waals surface area contributed by atoms with Crippen molar-refractivity contribution >= 4 is 21.7 Å². The molecule has 142 valence electrons. The Labute approximate surface area is 156 Å². The summed E-state index contributed by atoms with van der Waals surface area (Å²) in [7, 11) is -3.99. The predicted octanol–water partition coefficient (Wildman–Crippen LogP) is 3.53. The van der Waals surface area contributed by atoms with Crippen molar-refractivity contribution in [1.82, 2.24) is 5.16 Å². The van der Waals surface area contributed by atoms with Gasteiger partial charge in [-0.15, -0.1) is 0 Å². The molecule has 0 amide bonds. The van der Waals surface area contributed by atoms with Crippen LogP contribution in [0.15, 0.2) is 50.4 Å². The Hall–Kier alpha value is -3.07. The lowest BCUT2D eigenvalue weighted by atomic mass is 10.2. The summed E-state index contributed by atoms with van der Waals surface area (Å²) in [6, 6.07) is 8.83. The smallest absolute Gasteiger partial charge is 0.338 e. The third kappa shape index (κ3) is 3.87. The normalized spacial score (nSPS) is 11.4. The molecular weight excluding hydrogens is 372 g/mol. The molecule has 1 N–H and O–H groups in total. The number of carbonyl (C=O) groups is 1. The summed E-state index contributed by atoms with van der Waals surface area (Å²) in [5.41, 5.74) is 1.92. The van der Waals surface area contributed by atoms with E-state index in [4.69, 9.17) is 13.7 Å². The lowest BCUT2D eigenvalue weighted by Gasteiger charge is -2.07. The molecule has 2 heterocycles. The number of nitrogens with zero attached hydrogens (tertiary/aromatic N) is 1. The molecule has 2 aromatic heterocycles. The van der Waals surface area contributed by atoms with Gasteiger partial charge in [0.1, 0.15) is 0 Å². The molecule has 1 aromatic carbocycles. The zero-order valence-electron chi connectivity index (χ0n) is 15.0. The zero-order valence-corrected chi connectivity index (χ0v) is 15.8. The van der Waals surface area contributed by atoms with Crippen molar-refractivity contribution in [2.75, 3.05) is 11.3 Å². The summed E-state index contributed by atoms with van der Waals surface area (Å²) in [4.78, 5) is 11.8. The minimum atomic E-state index is -3.99. The standard InChI is InChI=1S/C18H18N2O6S/c1-4-24-18(21)13-6-5-7-14(10-13)20-27(22,23)16-9-8-15(25-16)17-11(2)12(3)19-26-17/h5-10,20H,4H2,1-3H3. The molecule has 0 fully saturated rings. The second-order valence-corrected chi connectivity index (χ2v) is 7.36. The second kappa shape index (κ2) is 7.28. The van der Waals surface area contributed by atoms with Crippen molar-refractivity contribution in [3.8, 4) is 11.5 Å². The van der Waals surface area contributed by atoms with E-state index in [1.54, 1.807) is 26.8 Å². The van der Waals surface area contributed by atoms with Crippen molar-refractivity contribution in [1.29, 1.82) is 0 Å². The minimum absolute atomic E-state index is 0.213. The van der Waals surface area contributed by atoms with E-state index in [2.05, 4.69) is 9.88 Å².